The van der Waals surface area contributed by atoms with Crippen LogP contribution in [0.15, 0.2) is 0 Å². The molecule has 1 nitrogen and oxygen atoms in total. The Balaban J connectivity index is 0. The number of rotatable bonds is 16. The Morgan fingerprint density at radius 1 is 0.364 bits per heavy atom. The molecular formula is C21H47N. The van der Waals surface area contributed by atoms with Crippen molar-refractivity contribution in [1.82, 2.24) is 5.32 Å². The summed E-state index contributed by atoms with van der Waals surface area (Å²) in [4.78, 5) is 0. The van der Waals surface area contributed by atoms with E-state index >= 15 is 0 Å². The van der Waals surface area contributed by atoms with Gasteiger partial charge in [-0.05, 0) is 14.1 Å². The lowest BCUT2D eigenvalue weighted by Gasteiger charge is -2.03. The zero-order valence-corrected chi connectivity index (χ0v) is 16.5. The highest BCUT2D eigenvalue weighted by Crippen LogP contribution is 2.13. The molecule has 0 unspecified atom stereocenters. The average molecular weight is 314 g/mol. The summed E-state index contributed by atoms with van der Waals surface area (Å²) in [7, 11) is 3.75. The summed E-state index contributed by atoms with van der Waals surface area (Å²) in [5.41, 5.74) is 0. The lowest BCUT2D eigenvalue weighted by molar-refractivity contribution is 0.529. The Hall–Kier alpha value is -0.0400. The van der Waals surface area contributed by atoms with Gasteiger partial charge in [-0.1, -0.05) is 123 Å². The molecular weight excluding hydrogens is 266 g/mol. The maximum atomic E-state index is 2.75. The van der Waals surface area contributed by atoms with Gasteiger partial charge in [0.05, 0.1) is 0 Å². The van der Waals surface area contributed by atoms with Gasteiger partial charge in [0.1, 0.15) is 0 Å². The van der Waals surface area contributed by atoms with E-state index in [2.05, 4.69) is 19.2 Å². The first-order chi connectivity index (χ1) is 10.8. The second-order valence-corrected chi connectivity index (χ2v) is 6.80. The van der Waals surface area contributed by atoms with Crippen LogP contribution >= 0.6 is 0 Å². The molecule has 0 saturated heterocycles. The van der Waals surface area contributed by atoms with Gasteiger partial charge in [-0.25, -0.2) is 0 Å². The molecule has 0 heterocycles. The van der Waals surface area contributed by atoms with Gasteiger partial charge in [0, 0.05) is 0 Å². The first kappa shape index (κ1) is 24.2. The van der Waals surface area contributed by atoms with Crippen molar-refractivity contribution in [2.45, 2.75) is 123 Å². The fraction of sp³-hybridized carbons (Fsp3) is 1.00. The fourth-order valence-electron chi connectivity index (χ4n) is 2.80. The second kappa shape index (κ2) is 25.9. The Kier molecular flexibility index (Phi) is 28.5. The summed E-state index contributed by atoms with van der Waals surface area (Å²) in [6, 6.07) is 0. The third-order valence-corrected chi connectivity index (χ3v) is 4.21. The predicted molar refractivity (Wildman–Crippen MR) is 105 cm³/mol. The summed E-state index contributed by atoms with van der Waals surface area (Å²) in [6.07, 6.45) is 24.9. The van der Waals surface area contributed by atoms with Crippen molar-refractivity contribution in [1.29, 1.82) is 0 Å². The maximum absolute atomic E-state index is 2.75. The van der Waals surface area contributed by atoms with Crippen LogP contribution in [0.5, 0.6) is 0 Å². The third-order valence-electron chi connectivity index (χ3n) is 4.21. The zero-order valence-electron chi connectivity index (χ0n) is 16.5. The molecule has 0 fully saturated rings. The largest absolute Gasteiger partial charge is 0.323 e. The molecule has 0 rings (SSSR count). The Morgan fingerprint density at radius 3 is 0.636 bits per heavy atom. The van der Waals surface area contributed by atoms with Crippen LogP contribution in [0.4, 0.5) is 0 Å². The van der Waals surface area contributed by atoms with E-state index < -0.39 is 0 Å². The second-order valence-electron chi connectivity index (χ2n) is 6.80. The molecule has 22 heavy (non-hydrogen) atoms. The van der Waals surface area contributed by atoms with Gasteiger partial charge < -0.3 is 5.32 Å². The molecule has 0 aromatic rings. The van der Waals surface area contributed by atoms with Crippen LogP contribution in [-0.4, -0.2) is 14.1 Å². The summed E-state index contributed by atoms with van der Waals surface area (Å²) in [6.45, 7) is 4.59. The van der Waals surface area contributed by atoms with Crippen molar-refractivity contribution in [2.24, 2.45) is 0 Å². The molecule has 0 aromatic carbocycles. The zero-order chi connectivity index (χ0) is 16.7. The quantitative estimate of drug-likeness (QED) is 0.291. The monoisotopic (exact) mass is 313 g/mol. The van der Waals surface area contributed by atoms with Crippen LogP contribution in [0.1, 0.15) is 123 Å². The molecule has 0 aliphatic carbocycles. The van der Waals surface area contributed by atoms with Gasteiger partial charge in [0.15, 0.2) is 0 Å². The summed E-state index contributed by atoms with van der Waals surface area (Å²) >= 11 is 0. The van der Waals surface area contributed by atoms with E-state index in [1.54, 1.807) is 0 Å². The minimum atomic E-state index is 1.37. The number of hydrogen-bond acceptors (Lipinski definition) is 1. The molecule has 0 bridgehead atoms. The topological polar surface area (TPSA) is 12.0 Å². The van der Waals surface area contributed by atoms with Crippen molar-refractivity contribution in [2.75, 3.05) is 14.1 Å². The molecule has 0 aliphatic rings. The van der Waals surface area contributed by atoms with Crippen molar-refractivity contribution >= 4 is 0 Å². The van der Waals surface area contributed by atoms with Gasteiger partial charge in [0.2, 0.25) is 0 Å². The van der Waals surface area contributed by atoms with Gasteiger partial charge in [-0.3, -0.25) is 0 Å². The SMILES string of the molecule is CCCCCCCCCCCCCCCCCCC.CNC. The van der Waals surface area contributed by atoms with E-state index in [1.807, 2.05) is 14.1 Å². The molecule has 0 aliphatic heterocycles. The first-order valence-electron chi connectivity index (χ1n) is 10.4. The molecule has 0 atom stereocenters. The van der Waals surface area contributed by atoms with Crippen LogP contribution in [0, 0.1) is 0 Å². The number of nitrogens with one attached hydrogen (secondary N) is 1. The van der Waals surface area contributed by atoms with Crippen LogP contribution in [0.2, 0.25) is 0 Å². The van der Waals surface area contributed by atoms with Gasteiger partial charge in [-0.2, -0.15) is 0 Å². The summed E-state index contributed by atoms with van der Waals surface area (Å²) in [5.74, 6) is 0. The molecule has 1 heteroatoms. The average Bonchev–Trinajstić information content (AvgIpc) is 2.52. The highest BCUT2D eigenvalue weighted by Gasteiger charge is 1.94. The van der Waals surface area contributed by atoms with Gasteiger partial charge in [-0.15, -0.1) is 0 Å². The summed E-state index contributed by atoms with van der Waals surface area (Å²) < 4.78 is 0. The maximum Gasteiger partial charge on any atom is -0.0167 e. The van der Waals surface area contributed by atoms with Crippen LogP contribution in [-0.2, 0) is 0 Å². The van der Waals surface area contributed by atoms with Crippen molar-refractivity contribution in [3.8, 4) is 0 Å². The van der Waals surface area contributed by atoms with Gasteiger partial charge >= 0.3 is 0 Å². The predicted octanol–water partition coefficient (Wildman–Crippen LogP) is 7.49. The molecule has 0 radical (unpaired) electrons. The molecule has 1 N–H and O–H groups in total. The highest BCUT2D eigenvalue weighted by molar-refractivity contribution is 4.49. The van der Waals surface area contributed by atoms with Crippen molar-refractivity contribution in [3.63, 3.8) is 0 Å². The van der Waals surface area contributed by atoms with Gasteiger partial charge in [0.25, 0.3) is 0 Å². The minimum absolute atomic E-state index is 1.37. The van der Waals surface area contributed by atoms with Crippen molar-refractivity contribution in [3.05, 3.63) is 0 Å². The van der Waals surface area contributed by atoms with E-state index in [9.17, 15) is 0 Å². The van der Waals surface area contributed by atoms with Crippen molar-refractivity contribution < 1.29 is 0 Å². The molecule has 136 valence electrons. The van der Waals surface area contributed by atoms with E-state index in [4.69, 9.17) is 0 Å². The smallest absolute Gasteiger partial charge is 0.0167 e. The number of unbranched alkanes of at least 4 members (excludes halogenated alkanes) is 16. The number of hydrogen-bond donors (Lipinski definition) is 1. The highest BCUT2D eigenvalue weighted by atomic mass is 14.7. The molecule has 0 aromatic heterocycles. The van der Waals surface area contributed by atoms with Crippen LogP contribution in [0.3, 0.4) is 0 Å². The normalized spacial score (nSPS) is 10.4. The van der Waals surface area contributed by atoms with E-state index in [0.29, 0.717) is 0 Å². The van der Waals surface area contributed by atoms with Crippen LogP contribution < -0.4 is 5.32 Å². The molecule has 0 amide bonds. The third kappa shape index (κ3) is 28.2. The van der Waals surface area contributed by atoms with E-state index in [1.165, 1.54) is 109 Å². The Morgan fingerprint density at radius 2 is 0.500 bits per heavy atom. The fourth-order valence-corrected chi connectivity index (χ4v) is 2.80. The lowest BCUT2D eigenvalue weighted by atomic mass is 10.0. The van der Waals surface area contributed by atoms with E-state index in [-0.39, 0.29) is 0 Å². The Labute approximate surface area is 143 Å². The first-order valence-corrected chi connectivity index (χ1v) is 10.4. The van der Waals surface area contributed by atoms with E-state index in [0.717, 1.165) is 0 Å². The van der Waals surface area contributed by atoms with Crippen LogP contribution in [0.25, 0.3) is 0 Å². The lowest BCUT2D eigenvalue weighted by Crippen LogP contribution is -1.89. The standard InChI is InChI=1S/C19H40.C2H7N/c1-3-5-7-9-11-13-15-17-19-18-16-14-12-10-8-6-4-2;1-3-2/h3-19H2,1-2H3;3H,1-2H3. The molecule has 0 spiro atoms. The minimum Gasteiger partial charge on any atom is -0.323 e. The summed E-state index contributed by atoms with van der Waals surface area (Å²) in [5, 5.41) is 2.75. The molecule has 0 saturated carbocycles. The Bertz CT molecular complexity index is 140.